The largest absolute Gasteiger partial charge is 0.384 e. The van der Waals surface area contributed by atoms with Crippen LogP contribution in [0.15, 0.2) is 11.4 Å². The lowest BCUT2D eigenvalue weighted by Crippen LogP contribution is -2.35. The fraction of sp³-hybridized carbons (Fsp3) is 0.842. The van der Waals surface area contributed by atoms with Gasteiger partial charge < -0.3 is 9.30 Å². The van der Waals surface area contributed by atoms with Gasteiger partial charge in [-0.1, -0.05) is 13.8 Å². The Morgan fingerprint density at radius 3 is 2.42 bits per heavy atom. The topological polar surface area (TPSA) is 64.4 Å². The summed E-state index contributed by atoms with van der Waals surface area (Å²) in [6.45, 7) is 12.1. The quantitative estimate of drug-likeness (QED) is 0.654. The molecule has 1 aromatic heterocycles. The molecule has 0 radical (unpaired) electrons. The summed E-state index contributed by atoms with van der Waals surface area (Å²) in [6.07, 6.45) is 4.97. The maximum atomic E-state index is 12.7. The summed E-state index contributed by atoms with van der Waals surface area (Å²) in [5, 5.41) is -0.224. The van der Waals surface area contributed by atoms with Crippen LogP contribution in [0.5, 0.6) is 0 Å². The van der Waals surface area contributed by atoms with Crippen LogP contribution in [0.2, 0.25) is 0 Å². The van der Waals surface area contributed by atoms with Crippen LogP contribution in [0, 0.1) is 11.8 Å². The number of methoxy groups -OCH3 is 1. The third-order valence-corrected chi connectivity index (χ3v) is 7.28. The molecular formula is C19H35N3O3S. The van der Waals surface area contributed by atoms with Crippen molar-refractivity contribution in [3.63, 3.8) is 0 Å². The molecule has 1 aliphatic heterocycles. The fourth-order valence-electron chi connectivity index (χ4n) is 3.36. The number of nitrogens with zero attached hydrogens (tertiary/aromatic N) is 3. The predicted octanol–water partition coefficient (Wildman–Crippen LogP) is 2.97. The SMILES string of the molecule is COCC1CCN(Cc2cnc(S(=O)(=O)C(C)C)n2CCC(C)C)CC1. The van der Waals surface area contributed by atoms with Gasteiger partial charge >= 0.3 is 0 Å². The average molecular weight is 386 g/mol. The molecule has 26 heavy (non-hydrogen) atoms. The molecular weight excluding hydrogens is 350 g/mol. The van der Waals surface area contributed by atoms with E-state index in [1.165, 1.54) is 0 Å². The van der Waals surface area contributed by atoms with E-state index in [4.69, 9.17) is 4.74 Å². The van der Waals surface area contributed by atoms with Crippen LogP contribution >= 0.6 is 0 Å². The molecule has 150 valence electrons. The molecule has 0 aromatic carbocycles. The lowest BCUT2D eigenvalue weighted by Gasteiger charge is -2.31. The van der Waals surface area contributed by atoms with Gasteiger partial charge in [0.15, 0.2) is 0 Å². The monoisotopic (exact) mass is 385 g/mol. The summed E-state index contributed by atoms with van der Waals surface area (Å²) < 4.78 is 32.6. The van der Waals surface area contributed by atoms with Gasteiger partial charge in [0.1, 0.15) is 0 Å². The molecule has 0 atom stereocenters. The molecule has 0 bridgehead atoms. The van der Waals surface area contributed by atoms with Crippen molar-refractivity contribution in [3.05, 3.63) is 11.9 Å². The molecule has 1 aromatic rings. The van der Waals surface area contributed by atoms with E-state index in [2.05, 4.69) is 23.7 Å². The van der Waals surface area contributed by atoms with Gasteiger partial charge in [-0.25, -0.2) is 13.4 Å². The molecule has 2 rings (SSSR count). The molecule has 0 saturated carbocycles. The van der Waals surface area contributed by atoms with Crippen molar-refractivity contribution >= 4 is 9.84 Å². The van der Waals surface area contributed by atoms with Crippen LogP contribution in [-0.2, 0) is 27.7 Å². The third-order valence-electron chi connectivity index (χ3n) is 5.20. The van der Waals surface area contributed by atoms with Gasteiger partial charge in [-0.2, -0.15) is 0 Å². The molecule has 6 nitrogen and oxygen atoms in total. The lowest BCUT2D eigenvalue weighted by molar-refractivity contribution is 0.0957. The molecule has 2 heterocycles. The van der Waals surface area contributed by atoms with E-state index in [0.29, 0.717) is 18.4 Å². The molecule has 0 spiro atoms. The van der Waals surface area contributed by atoms with Crippen LogP contribution in [0.3, 0.4) is 0 Å². The molecule has 0 unspecified atom stereocenters. The summed E-state index contributed by atoms with van der Waals surface area (Å²) >= 11 is 0. The van der Waals surface area contributed by atoms with Crippen LogP contribution < -0.4 is 0 Å². The van der Waals surface area contributed by atoms with Crippen LogP contribution in [-0.4, -0.2) is 54.9 Å². The summed E-state index contributed by atoms with van der Waals surface area (Å²) in [5.74, 6) is 1.16. The Labute approximate surface area is 158 Å². The van der Waals surface area contributed by atoms with Crippen molar-refractivity contribution in [1.29, 1.82) is 0 Å². The highest BCUT2D eigenvalue weighted by molar-refractivity contribution is 7.91. The standard InChI is InChI=1S/C19H35N3O3S/c1-15(2)6-11-22-18(12-20-19(22)26(23,24)16(3)4)13-21-9-7-17(8-10-21)14-25-5/h12,15-17H,6-11,13-14H2,1-5H3. The minimum absolute atomic E-state index is 0.234. The Morgan fingerprint density at radius 2 is 1.88 bits per heavy atom. The van der Waals surface area contributed by atoms with E-state index in [1.54, 1.807) is 27.2 Å². The summed E-state index contributed by atoms with van der Waals surface area (Å²) in [5.41, 5.74) is 1.01. The maximum absolute atomic E-state index is 12.7. The summed E-state index contributed by atoms with van der Waals surface area (Å²) in [4.78, 5) is 6.73. The summed E-state index contributed by atoms with van der Waals surface area (Å²) in [7, 11) is -1.61. The van der Waals surface area contributed by atoms with Crippen molar-refractivity contribution in [2.45, 2.75) is 70.5 Å². The number of hydrogen-bond acceptors (Lipinski definition) is 5. The number of ether oxygens (including phenoxy) is 1. The molecule has 0 amide bonds. The van der Waals surface area contributed by atoms with Crippen molar-refractivity contribution in [2.75, 3.05) is 26.8 Å². The van der Waals surface area contributed by atoms with Crippen LogP contribution in [0.25, 0.3) is 0 Å². The number of piperidine rings is 1. The predicted molar refractivity (Wildman–Crippen MR) is 104 cm³/mol. The maximum Gasteiger partial charge on any atom is 0.228 e. The number of aromatic nitrogens is 2. The zero-order valence-electron chi connectivity index (χ0n) is 16.9. The van der Waals surface area contributed by atoms with Gasteiger partial charge in [0.05, 0.1) is 17.1 Å². The molecule has 1 aliphatic rings. The first kappa shape index (κ1) is 21.4. The average Bonchev–Trinajstić information content (AvgIpc) is 2.98. The minimum Gasteiger partial charge on any atom is -0.384 e. The fourth-order valence-corrected chi connectivity index (χ4v) is 4.50. The number of sulfone groups is 1. The van der Waals surface area contributed by atoms with E-state index in [1.807, 2.05) is 4.57 Å². The normalized spacial score (nSPS) is 17.5. The minimum atomic E-state index is -3.37. The van der Waals surface area contributed by atoms with Gasteiger partial charge in [-0.3, -0.25) is 4.90 Å². The highest BCUT2D eigenvalue weighted by Crippen LogP contribution is 2.23. The zero-order chi connectivity index (χ0) is 19.3. The third kappa shape index (κ3) is 5.30. The van der Waals surface area contributed by atoms with Gasteiger partial charge in [-0.15, -0.1) is 0 Å². The molecule has 0 aliphatic carbocycles. The van der Waals surface area contributed by atoms with Crippen LogP contribution in [0.1, 0.15) is 52.7 Å². The van der Waals surface area contributed by atoms with Crippen molar-refractivity contribution in [2.24, 2.45) is 11.8 Å². The van der Waals surface area contributed by atoms with Crippen LogP contribution in [0.4, 0.5) is 0 Å². The molecule has 7 heteroatoms. The van der Waals surface area contributed by atoms with E-state index in [9.17, 15) is 8.42 Å². The highest BCUT2D eigenvalue weighted by Gasteiger charge is 2.28. The Hall–Kier alpha value is -0.920. The molecule has 1 saturated heterocycles. The first-order valence-electron chi connectivity index (χ1n) is 9.75. The first-order chi connectivity index (χ1) is 12.3. The van der Waals surface area contributed by atoms with Crippen molar-refractivity contribution in [3.8, 4) is 0 Å². The molecule has 0 N–H and O–H groups in total. The van der Waals surface area contributed by atoms with Gasteiger partial charge in [0.25, 0.3) is 0 Å². The number of hydrogen-bond donors (Lipinski definition) is 0. The second-order valence-electron chi connectivity index (χ2n) is 8.13. The Balaban J connectivity index is 2.16. The smallest absolute Gasteiger partial charge is 0.228 e. The van der Waals surface area contributed by atoms with Gasteiger partial charge in [0.2, 0.25) is 15.0 Å². The first-order valence-corrected chi connectivity index (χ1v) is 11.3. The second-order valence-corrected chi connectivity index (χ2v) is 10.5. The van der Waals surface area contributed by atoms with Gasteiger partial charge in [-0.05, 0) is 58.0 Å². The second kappa shape index (κ2) is 9.33. The van der Waals surface area contributed by atoms with Crippen molar-refractivity contribution in [1.82, 2.24) is 14.5 Å². The van der Waals surface area contributed by atoms with E-state index in [0.717, 1.165) is 51.2 Å². The lowest BCUT2D eigenvalue weighted by atomic mass is 9.98. The summed E-state index contributed by atoms with van der Waals surface area (Å²) in [6, 6.07) is 0. The zero-order valence-corrected chi connectivity index (χ0v) is 17.8. The molecule has 1 fully saturated rings. The van der Waals surface area contributed by atoms with Crippen molar-refractivity contribution < 1.29 is 13.2 Å². The Bertz CT molecular complexity index is 660. The number of rotatable bonds is 9. The van der Waals surface area contributed by atoms with E-state index >= 15 is 0 Å². The highest BCUT2D eigenvalue weighted by atomic mass is 32.2. The van der Waals surface area contributed by atoms with E-state index in [-0.39, 0.29) is 5.16 Å². The Morgan fingerprint density at radius 1 is 1.23 bits per heavy atom. The number of likely N-dealkylation sites (tertiary alicyclic amines) is 1. The van der Waals surface area contributed by atoms with Gasteiger partial charge in [0, 0.05) is 26.8 Å². The van der Waals surface area contributed by atoms with E-state index < -0.39 is 15.1 Å². The Kier molecular flexibility index (Phi) is 7.67. The number of imidazole rings is 1.